The van der Waals surface area contributed by atoms with E-state index in [1.165, 1.54) is 0 Å². The number of benzene rings is 2. The zero-order chi connectivity index (χ0) is 15.5. The largest absolute Gasteiger partial charge is 0.478 e. The Morgan fingerprint density at radius 3 is 2.55 bits per heavy atom. The highest BCUT2D eigenvalue weighted by atomic mass is 35.5. The number of aromatic nitrogens is 2. The number of H-pyrrole nitrogens is 1. The summed E-state index contributed by atoms with van der Waals surface area (Å²) in [4.78, 5) is 11.0. The number of hydrogen-bond donors (Lipinski definition) is 2. The Kier molecular flexibility index (Phi) is 3.94. The number of carboxylic acids is 1. The van der Waals surface area contributed by atoms with Gasteiger partial charge in [0.05, 0.1) is 17.0 Å². The van der Waals surface area contributed by atoms with E-state index in [0.29, 0.717) is 11.6 Å². The van der Waals surface area contributed by atoms with Gasteiger partial charge in [-0.2, -0.15) is 5.10 Å². The van der Waals surface area contributed by atoms with Crippen LogP contribution in [0.5, 0.6) is 0 Å². The molecule has 110 valence electrons. The lowest BCUT2D eigenvalue weighted by molar-refractivity contribution is 0.0697. The van der Waals surface area contributed by atoms with Crippen molar-refractivity contribution in [2.75, 3.05) is 0 Å². The minimum absolute atomic E-state index is 0.244. The van der Waals surface area contributed by atoms with Gasteiger partial charge in [-0.3, -0.25) is 5.10 Å². The van der Waals surface area contributed by atoms with E-state index >= 15 is 0 Å². The van der Waals surface area contributed by atoms with Crippen LogP contribution in [0, 0.1) is 0 Å². The number of nitrogens with one attached hydrogen (secondary N) is 1. The van der Waals surface area contributed by atoms with Crippen LogP contribution in [-0.4, -0.2) is 21.3 Å². The quantitative estimate of drug-likeness (QED) is 0.710. The van der Waals surface area contributed by atoms with Crippen molar-refractivity contribution in [3.63, 3.8) is 0 Å². The molecular formula is C17H13ClN2O2. The molecule has 0 unspecified atom stereocenters. The van der Waals surface area contributed by atoms with E-state index in [-0.39, 0.29) is 5.56 Å². The van der Waals surface area contributed by atoms with Gasteiger partial charge < -0.3 is 5.11 Å². The maximum Gasteiger partial charge on any atom is 0.335 e. The third-order valence-corrected chi connectivity index (χ3v) is 3.71. The Balaban J connectivity index is 1.93. The van der Waals surface area contributed by atoms with Crippen LogP contribution in [0.4, 0.5) is 0 Å². The maximum absolute atomic E-state index is 11.0. The SMILES string of the molecule is O=C(O)c1cccc(-c2cc(-c3ccc(CCl)cc3)[nH]n2)c1. The van der Waals surface area contributed by atoms with E-state index in [9.17, 15) is 4.79 Å². The number of hydrogen-bond acceptors (Lipinski definition) is 2. The van der Waals surface area contributed by atoms with Gasteiger partial charge in [-0.25, -0.2) is 4.79 Å². The van der Waals surface area contributed by atoms with Crippen LogP contribution in [-0.2, 0) is 5.88 Å². The molecule has 0 aliphatic heterocycles. The van der Waals surface area contributed by atoms with Gasteiger partial charge in [0, 0.05) is 11.4 Å². The second kappa shape index (κ2) is 6.03. The molecule has 0 saturated heterocycles. The van der Waals surface area contributed by atoms with Gasteiger partial charge in [-0.15, -0.1) is 11.6 Å². The van der Waals surface area contributed by atoms with Gasteiger partial charge in [0.15, 0.2) is 0 Å². The molecule has 0 amide bonds. The molecule has 0 radical (unpaired) electrons. The van der Waals surface area contributed by atoms with Gasteiger partial charge >= 0.3 is 5.97 Å². The first-order valence-corrected chi connectivity index (χ1v) is 7.25. The van der Waals surface area contributed by atoms with Crippen LogP contribution in [0.3, 0.4) is 0 Å². The summed E-state index contributed by atoms with van der Waals surface area (Å²) in [6, 6.07) is 16.5. The summed E-state index contributed by atoms with van der Waals surface area (Å²) in [5.74, 6) is -0.467. The minimum atomic E-state index is -0.950. The van der Waals surface area contributed by atoms with Crippen molar-refractivity contribution >= 4 is 17.6 Å². The predicted molar refractivity (Wildman–Crippen MR) is 86.0 cm³/mol. The Hall–Kier alpha value is -2.59. The molecule has 1 aromatic heterocycles. The van der Waals surface area contributed by atoms with Crippen molar-refractivity contribution in [2.45, 2.75) is 5.88 Å². The highest BCUT2D eigenvalue weighted by molar-refractivity contribution is 6.17. The Morgan fingerprint density at radius 1 is 1.09 bits per heavy atom. The van der Waals surface area contributed by atoms with Gasteiger partial charge in [-0.05, 0) is 29.3 Å². The number of aromatic amines is 1. The average Bonchev–Trinajstić information content (AvgIpc) is 3.05. The zero-order valence-corrected chi connectivity index (χ0v) is 12.3. The first kappa shape index (κ1) is 14.4. The molecule has 2 aromatic carbocycles. The van der Waals surface area contributed by atoms with Crippen molar-refractivity contribution in [1.82, 2.24) is 10.2 Å². The normalized spacial score (nSPS) is 10.6. The Bertz CT molecular complexity index is 810. The molecular weight excluding hydrogens is 300 g/mol. The van der Waals surface area contributed by atoms with Crippen LogP contribution in [0.2, 0.25) is 0 Å². The fraction of sp³-hybridized carbons (Fsp3) is 0.0588. The molecule has 1 heterocycles. The van der Waals surface area contributed by atoms with Crippen LogP contribution >= 0.6 is 11.6 Å². The van der Waals surface area contributed by atoms with E-state index in [2.05, 4.69) is 10.2 Å². The van der Waals surface area contributed by atoms with E-state index in [1.54, 1.807) is 18.2 Å². The first-order chi connectivity index (χ1) is 10.7. The number of alkyl halides is 1. The lowest BCUT2D eigenvalue weighted by Crippen LogP contribution is -1.95. The summed E-state index contributed by atoms with van der Waals surface area (Å²) in [6.45, 7) is 0. The van der Waals surface area contributed by atoms with Crippen molar-refractivity contribution in [3.05, 3.63) is 65.7 Å². The van der Waals surface area contributed by atoms with Gasteiger partial charge in [0.25, 0.3) is 0 Å². The molecule has 3 rings (SSSR count). The number of halogens is 1. The van der Waals surface area contributed by atoms with Crippen molar-refractivity contribution in [2.24, 2.45) is 0 Å². The second-order valence-electron chi connectivity index (χ2n) is 4.88. The molecule has 5 heteroatoms. The molecule has 0 aliphatic carbocycles. The molecule has 0 fully saturated rings. The Morgan fingerprint density at radius 2 is 1.86 bits per heavy atom. The molecule has 0 spiro atoms. The monoisotopic (exact) mass is 312 g/mol. The summed E-state index contributed by atoms with van der Waals surface area (Å²) in [5.41, 5.74) is 4.64. The van der Waals surface area contributed by atoms with E-state index < -0.39 is 5.97 Å². The van der Waals surface area contributed by atoms with E-state index in [4.69, 9.17) is 16.7 Å². The third kappa shape index (κ3) is 2.87. The average molecular weight is 313 g/mol. The lowest BCUT2D eigenvalue weighted by atomic mass is 10.1. The molecule has 0 atom stereocenters. The zero-order valence-electron chi connectivity index (χ0n) is 11.6. The predicted octanol–water partition coefficient (Wildman–Crippen LogP) is 4.18. The minimum Gasteiger partial charge on any atom is -0.478 e. The lowest BCUT2D eigenvalue weighted by Gasteiger charge is -1.99. The van der Waals surface area contributed by atoms with E-state index in [1.807, 2.05) is 36.4 Å². The smallest absolute Gasteiger partial charge is 0.335 e. The number of carbonyl (C=O) groups is 1. The van der Waals surface area contributed by atoms with Crippen LogP contribution in [0.15, 0.2) is 54.6 Å². The van der Waals surface area contributed by atoms with Crippen molar-refractivity contribution in [3.8, 4) is 22.5 Å². The van der Waals surface area contributed by atoms with Gasteiger partial charge in [-0.1, -0.05) is 36.4 Å². The maximum atomic E-state index is 11.0. The highest BCUT2D eigenvalue weighted by Crippen LogP contribution is 2.25. The first-order valence-electron chi connectivity index (χ1n) is 6.72. The summed E-state index contributed by atoms with van der Waals surface area (Å²) in [6.07, 6.45) is 0. The highest BCUT2D eigenvalue weighted by Gasteiger charge is 2.09. The topological polar surface area (TPSA) is 66.0 Å². The van der Waals surface area contributed by atoms with Crippen molar-refractivity contribution in [1.29, 1.82) is 0 Å². The summed E-state index contributed by atoms with van der Waals surface area (Å²) >= 11 is 5.78. The fourth-order valence-electron chi connectivity index (χ4n) is 2.20. The summed E-state index contributed by atoms with van der Waals surface area (Å²) < 4.78 is 0. The molecule has 4 nitrogen and oxygen atoms in total. The summed E-state index contributed by atoms with van der Waals surface area (Å²) in [7, 11) is 0. The number of aromatic carboxylic acids is 1. The van der Waals surface area contributed by atoms with Crippen molar-refractivity contribution < 1.29 is 9.90 Å². The molecule has 2 N–H and O–H groups in total. The van der Waals surface area contributed by atoms with Crippen LogP contribution < -0.4 is 0 Å². The van der Waals surface area contributed by atoms with E-state index in [0.717, 1.165) is 22.4 Å². The van der Waals surface area contributed by atoms with Gasteiger partial charge in [0.1, 0.15) is 0 Å². The number of nitrogens with zero attached hydrogens (tertiary/aromatic N) is 1. The third-order valence-electron chi connectivity index (χ3n) is 3.40. The standard InChI is InChI=1S/C17H13ClN2O2/c18-10-11-4-6-12(7-5-11)15-9-16(20-19-15)13-2-1-3-14(8-13)17(21)22/h1-9H,10H2,(H,19,20)(H,21,22). The van der Waals surface area contributed by atoms with Crippen LogP contribution in [0.1, 0.15) is 15.9 Å². The number of carboxylic acid groups (broad SMARTS) is 1. The molecule has 0 aliphatic rings. The molecule has 22 heavy (non-hydrogen) atoms. The molecule has 3 aromatic rings. The fourth-order valence-corrected chi connectivity index (χ4v) is 2.38. The summed E-state index contributed by atoms with van der Waals surface area (Å²) in [5, 5.41) is 16.3. The second-order valence-corrected chi connectivity index (χ2v) is 5.15. The Labute approximate surface area is 132 Å². The molecule has 0 saturated carbocycles. The molecule has 0 bridgehead atoms. The van der Waals surface area contributed by atoms with Gasteiger partial charge in [0.2, 0.25) is 0 Å². The van der Waals surface area contributed by atoms with Crippen LogP contribution in [0.25, 0.3) is 22.5 Å². The number of rotatable bonds is 4.